The lowest BCUT2D eigenvalue weighted by molar-refractivity contribution is -0.126. The number of hydrogen-bond acceptors (Lipinski definition) is 5. The van der Waals surface area contributed by atoms with Gasteiger partial charge in [-0.15, -0.1) is 0 Å². The minimum Gasteiger partial charge on any atom is -0.430 e. The van der Waals surface area contributed by atoms with Crippen LogP contribution in [0.4, 0.5) is 4.79 Å². The van der Waals surface area contributed by atoms with Crippen LogP contribution in [-0.4, -0.2) is 44.8 Å². The third-order valence-electron chi connectivity index (χ3n) is 4.14. The normalized spacial score (nSPS) is 20.5. The Morgan fingerprint density at radius 1 is 1.12 bits per heavy atom. The molecule has 24 heavy (non-hydrogen) atoms. The molecule has 0 spiro atoms. The summed E-state index contributed by atoms with van der Waals surface area (Å²) in [4.78, 5) is 11.5. The fourth-order valence-electron chi connectivity index (χ4n) is 2.75. The standard InChI is InChI=1S/C19H34O5/c1-3-5-6-7-8-9-10-11-14-22-17-12-15-21-16-18(17)24-19(20)23-13-4-2/h4,17-18H,2-3,5-16H2,1H3/t17?,18-/m1/s1. The molecule has 1 aliphatic heterocycles. The Bertz CT molecular complexity index is 332. The second-order valence-corrected chi connectivity index (χ2v) is 6.25. The molecule has 0 radical (unpaired) electrons. The van der Waals surface area contributed by atoms with Crippen LogP contribution in [0.1, 0.15) is 64.7 Å². The van der Waals surface area contributed by atoms with Gasteiger partial charge in [-0.05, 0) is 6.42 Å². The molecule has 0 saturated carbocycles. The van der Waals surface area contributed by atoms with E-state index in [4.69, 9.17) is 18.9 Å². The summed E-state index contributed by atoms with van der Waals surface area (Å²) in [5.74, 6) is 0. The molecule has 0 aromatic carbocycles. The number of carbonyl (C=O) groups is 1. The average molecular weight is 342 g/mol. The summed E-state index contributed by atoms with van der Waals surface area (Å²) in [5.41, 5.74) is 0. The third-order valence-corrected chi connectivity index (χ3v) is 4.14. The summed E-state index contributed by atoms with van der Waals surface area (Å²) in [6, 6.07) is 0. The Morgan fingerprint density at radius 2 is 1.83 bits per heavy atom. The van der Waals surface area contributed by atoms with Gasteiger partial charge in [-0.3, -0.25) is 0 Å². The number of unbranched alkanes of at least 4 members (excludes halogenated alkanes) is 7. The molecule has 1 heterocycles. The summed E-state index contributed by atoms with van der Waals surface area (Å²) in [6.45, 7) is 7.61. The van der Waals surface area contributed by atoms with Gasteiger partial charge in [0.05, 0.1) is 12.7 Å². The monoisotopic (exact) mass is 342 g/mol. The zero-order valence-corrected chi connectivity index (χ0v) is 15.2. The summed E-state index contributed by atoms with van der Waals surface area (Å²) < 4.78 is 21.4. The molecule has 1 fully saturated rings. The van der Waals surface area contributed by atoms with Gasteiger partial charge in [0.25, 0.3) is 0 Å². The first-order valence-corrected chi connectivity index (χ1v) is 9.41. The molecule has 5 heteroatoms. The molecule has 2 atom stereocenters. The highest BCUT2D eigenvalue weighted by Crippen LogP contribution is 2.17. The van der Waals surface area contributed by atoms with Crippen LogP contribution in [0.5, 0.6) is 0 Å². The molecule has 140 valence electrons. The lowest BCUT2D eigenvalue weighted by Gasteiger charge is -2.30. The van der Waals surface area contributed by atoms with E-state index in [0.29, 0.717) is 19.8 Å². The van der Waals surface area contributed by atoms with Crippen LogP contribution < -0.4 is 0 Å². The molecule has 0 bridgehead atoms. The Morgan fingerprint density at radius 3 is 2.54 bits per heavy atom. The molecule has 1 rings (SSSR count). The quantitative estimate of drug-likeness (QED) is 0.277. The summed E-state index contributed by atoms with van der Waals surface area (Å²) in [5, 5.41) is 0. The predicted octanol–water partition coefficient (Wildman–Crippen LogP) is 4.64. The van der Waals surface area contributed by atoms with Crippen molar-refractivity contribution in [3.8, 4) is 0 Å². The lowest BCUT2D eigenvalue weighted by atomic mass is 10.1. The Hall–Kier alpha value is -1.07. The first-order valence-electron chi connectivity index (χ1n) is 9.41. The van der Waals surface area contributed by atoms with E-state index in [2.05, 4.69) is 13.5 Å². The van der Waals surface area contributed by atoms with E-state index in [0.717, 1.165) is 12.8 Å². The van der Waals surface area contributed by atoms with E-state index in [9.17, 15) is 4.79 Å². The molecular weight excluding hydrogens is 308 g/mol. The van der Waals surface area contributed by atoms with Gasteiger partial charge in [0.15, 0.2) is 6.10 Å². The molecule has 0 N–H and O–H groups in total. The highest BCUT2D eigenvalue weighted by molar-refractivity contribution is 5.60. The minimum atomic E-state index is -0.689. The molecule has 5 nitrogen and oxygen atoms in total. The fraction of sp³-hybridized carbons (Fsp3) is 0.842. The van der Waals surface area contributed by atoms with Crippen molar-refractivity contribution in [2.45, 2.75) is 76.9 Å². The third kappa shape index (κ3) is 9.93. The first-order chi connectivity index (χ1) is 11.8. The molecular formula is C19H34O5. The van der Waals surface area contributed by atoms with Crippen molar-refractivity contribution in [1.82, 2.24) is 0 Å². The maximum Gasteiger partial charge on any atom is 0.509 e. The summed E-state index contributed by atoms with van der Waals surface area (Å²) in [6.07, 6.45) is 11.3. The maximum atomic E-state index is 11.5. The Labute approximate surface area is 146 Å². The Balaban J connectivity index is 2.10. The van der Waals surface area contributed by atoms with Crippen LogP contribution in [-0.2, 0) is 18.9 Å². The van der Waals surface area contributed by atoms with Crippen LogP contribution in [0.2, 0.25) is 0 Å². The van der Waals surface area contributed by atoms with Crippen molar-refractivity contribution in [1.29, 1.82) is 0 Å². The summed E-state index contributed by atoms with van der Waals surface area (Å²) in [7, 11) is 0. The van der Waals surface area contributed by atoms with Gasteiger partial charge >= 0.3 is 6.16 Å². The van der Waals surface area contributed by atoms with Gasteiger partial charge in [-0.2, -0.15) is 0 Å². The van der Waals surface area contributed by atoms with E-state index in [-0.39, 0.29) is 18.8 Å². The maximum absolute atomic E-state index is 11.5. The summed E-state index contributed by atoms with van der Waals surface area (Å²) >= 11 is 0. The number of hydrogen-bond donors (Lipinski definition) is 0. The van der Waals surface area contributed by atoms with Crippen molar-refractivity contribution in [3.05, 3.63) is 12.7 Å². The highest BCUT2D eigenvalue weighted by atomic mass is 16.7. The second kappa shape index (κ2) is 14.3. The number of rotatable bonds is 13. The van der Waals surface area contributed by atoms with Gasteiger partial charge in [-0.25, -0.2) is 4.79 Å². The van der Waals surface area contributed by atoms with E-state index >= 15 is 0 Å². The minimum absolute atomic E-state index is 0.0976. The zero-order chi connectivity index (χ0) is 17.5. The van der Waals surface area contributed by atoms with Crippen molar-refractivity contribution < 1.29 is 23.7 Å². The van der Waals surface area contributed by atoms with E-state index in [1.807, 2.05) is 0 Å². The fourth-order valence-corrected chi connectivity index (χ4v) is 2.75. The van der Waals surface area contributed by atoms with Crippen molar-refractivity contribution in [2.24, 2.45) is 0 Å². The Kier molecular flexibility index (Phi) is 12.5. The van der Waals surface area contributed by atoms with Gasteiger partial charge in [0.2, 0.25) is 0 Å². The number of carbonyl (C=O) groups excluding carboxylic acids is 1. The first kappa shape index (κ1) is 21.0. The van der Waals surface area contributed by atoms with Gasteiger partial charge in [-0.1, -0.05) is 64.5 Å². The second-order valence-electron chi connectivity index (χ2n) is 6.25. The highest BCUT2D eigenvalue weighted by Gasteiger charge is 2.30. The van der Waals surface area contributed by atoms with Crippen LogP contribution >= 0.6 is 0 Å². The number of ether oxygens (including phenoxy) is 4. The topological polar surface area (TPSA) is 54.0 Å². The molecule has 1 saturated heterocycles. The van der Waals surface area contributed by atoms with E-state index < -0.39 is 6.16 Å². The molecule has 0 aliphatic carbocycles. The van der Waals surface area contributed by atoms with E-state index in [1.54, 1.807) is 0 Å². The zero-order valence-electron chi connectivity index (χ0n) is 15.2. The lowest BCUT2D eigenvalue weighted by Crippen LogP contribution is -2.42. The van der Waals surface area contributed by atoms with Gasteiger partial charge in [0.1, 0.15) is 6.61 Å². The molecule has 0 aromatic heterocycles. The van der Waals surface area contributed by atoms with Crippen molar-refractivity contribution in [2.75, 3.05) is 26.4 Å². The largest absolute Gasteiger partial charge is 0.509 e. The van der Waals surface area contributed by atoms with Crippen molar-refractivity contribution >= 4 is 6.16 Å². The van der Waals surface area contributed by atoms with Gasteiger partial charge < -0.3 is 18.9 Å². The molecule has 0 aromatic rings. The van der Waals surface area contributed by atoms with Crippen LogP contribution in [0, 0.1) is 0 Å². The SMILES string of the molecule is C=CCOC(=O)O[C@@H]1COCCC1OCCCCCCCCCC. The molecule has 1 aliphatic rings. The molecule has 1 unspecified atom stereocenters. The van der Waals surface area contributed by atoms with Crippen LogP contribution in [0.25, 0.3) is 0 Å². The smallest absolute Gasteiger partial charge is 0.430 e. The van der Waals surface area contributed by atoms with Crippen LogP contribution in [0.3, 0.4) is 0 Å². The van der Waals surface area contributed by atoms with Crippen LogP contribution in [0.15, 0.2) is 12.7 Å². The van der Waals surface area contributed by atoms with Gasteiger partial charge in [0, 0.05) is 19.6 Å². The predicted molar refractivity (Wildman–Crippen MR) is 94.2 cm³/mol. The molecule has 0 amide bonds. The van der Waals surface area contributed by atoms with Crippen molar-refractivity contribution in [3.63, 3.8) is 0 Å². The van der Waals surface area contributed by atoms with E-state index in [1.165, 1.54) is 51.0 Å². The average Bonchev–Trinajstić information content (AvgIpc) is 2.60.